The van der Waals surface area contributed by atoms with E-state index in [0.29, 0.717) is 17.4 Å². The molecule has 0 saturated heterocycles. The van der Waals surface area contributed by atoms with Crippen molar-refractivity contribution in [3.63, 3.8) is 0 Å². The maximum Gasteiger partial charge on any atom is 0.472 e. The third-order valence-corrected chi connectivity index (χ3v) is 19.5. The van der Waals surface area contributed by atoms with Crippen molar-refractivity contribution in [1.29, 1.82) is 0 Å². The zero-order chi connectivity index (χ0) is 75.4. The van der Waals surface area contributed by atoms with E-state index in [0.717, 1.165) is 122 Å². The van der Waals surface area contributed by atoms with Gasteiger partial charge in [-0.05, 0) is 128 Å². The lowest BCUT2D eigenvalue weighted by atomic mass is 10.0. The van der Waals surface area contributed by atoms with Crippen molar-refractivity contribution in [2.24, 2.45) is 0 Å². The number of rotatable bonds is 79. The van der Waals surface area contributed by atoms with Gasteiger partial charge < -0.3 is 18.9 Å². The Labute approximate surface area is 643 Å². The lowest BCUT2D eigenvalue weighted by Gasteiger charge is -2.24. The molecule has 2 unspecified atom stereocenters. The van der Waals surface area contributed by atoms with Gasteiger partial charge in [0, 0.05) is 12.8 Å². The summed E-state index contributed by atoms with van der Waals surface area (Å²) < 4.78 is 34.8. The minimum Gasteiger partial charge on any atom is -0.462 e. The average Bonchev–Trinajstić information content (AvgIpc) is 0.915. The fourth-order valence-corrected chi connectivity index (χ4v) is 12.7. The van der Waals surface area contributed by atoms with Gasteiger partial charge in [0.2, 0.25) is 0 Å². The van der Waals surface area contributed by atoms with Crippen LogP contribution < -0.4 is 0 Å². The Bertz CT molecular complexity index is 2320. The van der Waals surface area contributed by atoms with E-state index < -0.39 is 26.5 Å². The maximum atomic E-state index is 12.9. The quantitative estimate of drug-likeness (QED) is 0.0211. The lowest BCUT2D eigenvalue weighted by Crippen LogP contribution is -2.37. The van der Waals surface area contributed by atoms with E-state index in [-0.39, 0.29) is 32.0 Å². The molecule has 0 aliphatic carbocycles. The highest BCUT2D eigenvalue weighted by Crippen LogP contribution is 2.43. The highest BCUT2D eigenvalue weighted by Gasteiger charge is 2.27. The van der Waals surface area contributed by atoms with E-state index in [1.165, 1.54) is 218 Å². The molecule has 596 valence electrons. The van der Waals surface area contributed by atoms with Gasteiger partial charge in [-0.25, -0.2) is 4.57 Å². The van der Waals surface area contributed by atoms with Crippen LogP contribution in [0.1, 0.15) is 373 Å². The van der Waals surface area contributed by atoms with Gasteiger partial charge in [0.05, 0.1) is 27.7 Å². The molecule has 0 radical (unpaired) electrons. The molecule has 0 aliphatic rings. The molecule has 9 nitrogen and oxygen atoms in total. The van der Waals surface area contributed by atoms with E-state index in [1.54, 1.807) is 0 Å². The number of ether oxygens (including phenoxy) is 2. The number of unbranched alkanes of at least 4 members (excludes halogenated alkanes) is 39. The number of carbonyl (C=O) groups is 2. The molecule has 0 rings (SSSR count). The zero-order valence-corrected chi connectivity index (χ0v) is 69.1. The van der Waals surface area contributed by atoms with Crippen LogP contribution in [-0.2, 0) is 32.7 Å². The number of carbonyl (C=O) groups excluding carboxylic acids is 2. The first-order valence-corrected chi connectivity index (χ1v) is 44.7. The van der Waals surface area contributed by atoms with E-state index in [2.05, 4.69) is 172 Å². The summed E-state index contributed by atoms with van der Waals surface area (Å²) in [6, 6.07) is 0. The number of esters is 2. The number of hydrogen-bond donors (Lipinski definition) is 1. The summed E-state index contributed by atoms with van der Waals surface area (Å²) in [5.74, 6) is -0.801. The predicted molar refractivity (Wildman–Crippen MR) is 454 cm³/mol. The highest BCUT2D eigenvalue weighted by molar-refractivity contribution is 7.47. The van der Waals surface area contributed by atoms with Gasteiger partial charge in [0.15, 0.2) is 6.10 Å². The second kappa shape index (κ2) is 82.7. The standard InChI is InChI=1S/C94H162NO8P/c1-6-8-10-12-14-16-18-20-22-24-26-28-30-32-34-36-38-40-42-44-46-47-49-50-52-54-56-58-60-62-64-66-68-70-72-74-76-78-80-82-84-86-93(96)100-90-92(91-102-104(98,99)101-89-88-95(3,4)5)103-94(97)87-85-83-81-79-77-75-73-71-69-67-65-63-61-59-57-55-53-51-48-45-43-41-39-37-35-33-31-29-27-25-23-21-19-17-15-13-11-9-7-2/h9,11,15,17-18,20-21,23-24,26-27,29-30,32-33,35,39,41,45,48,53,55,59,61,65,67,92H,6-8,10,12-14,16,19,22,25,28,31,34,36-38,40,42-44,46-47,49-52,54,56-58,60,62-64,66,68-91H2,1-5H3/p+1/b11-9-,17-15-,20-18-,23-21-,26-24-,29-27-,32-30-,35-33-,41-39-,48-45-,55-53-,61-59-,67-65-. The Morgan fingerprint density at radius 1 is 0.308 bits per heavy atom. The van der Waals surface area contributed by atoms with Crippen molar-refractivity contribution in [1.82, 2.24) is 0 Å². The molecule has 0 saturated carbocycles. The number of nitrogens with zero attached hydrogens (tertiary/aromatic N) is 1. The summed E-state index contributed by atoms with van der Waals surface area (Å²) in [5.41, 5.74) is 0. The monoisotopic (exact) mass is 1470 g/mol. The van der Waals surface area contributed by atoms with Crippen molar-refractivity contribution in [3.05, 3.63) is 158 Å². The van der Waals surface area contributed by atoms with Gasteiger partial charge >= 0.3 is 19.8 Å². The van der Waals surface area contributed by atoms with Crippen LogP contribution >= 0.6 is 7.82 Å². The average molecular weight is 1470 g/mol. The number of hydrogen-bond acceptors (Lipinski definition) is 7. The van der Waals surface area contributed by atoms with Crippen molar-refractivity contribution in [2.75, 3.05) is 47.5 Å². The minimum absolute atomic E-state index is 0.0247. The first-order chi connectivity index (χ1) is 51.0. The molecule has 2 atom stereocenters. The van der Waals surface area contributed by atoms with E-state index in [1.807, 2.05) is 21.1 Å². The van der Waals surface area contributed by atoms with Crippen LogP contribution in [-0.4, -0.2) is 74.9 Å². The molecule has 10 heteroatoms. The summed E-state index contributed by atoms with van der Waals surface area (Å²) in [6.45, 7) is 4.32. The third-order valence-electron chi connectivity index (χ3n) is 18.5. The Morgan fingerprint density at radius 3 is 0.817 bits per heavy atom. The van der Waals surface area contributed by atoms with Crippen molar-refractivity contribution >= 4 is 19.8 Å². The van der Waals surface area contributed by atoms with Crippen LogP contribution in [0, 0.1) is 0 Å². The van der Waals surface area contributed by atoms with Crippen LogP contribution in [0.3, 0.4) is 0 Å². The zero-order valence-electron chi connectivity index (χ0n) is 68.2. The molecular formula is C94H163NO8P+. The van der Waals surface area contributed by atoms with Crippen LogP contribution in [0.15, 0.2) is 158 Å². The molecule has 0 fully saturated rings. The largest absolute Gasteiger partial charge is 0.472 e. The summed E-state index contributed by atoms with van der Waals surface area (Å²) in [7, 11) is 1.47. The first-order valence-electron chi connectivity index (χ1n) is 43.2. The molecule has 1 N–H and O–H groups in total. The summed E-state index contributed by atoms with van der Waals surface area (Å²) in [6.07, 6.45) is 124. The second-order valence-corrected chi connectivity index (χ2v) is 31.3. The van der Waals surface area contributed by atoms with Crippen molar-refractivity contribution < 1.29 is 42.1 Å². The molecule has 104 heavy (non-hydrogen) atoms. The van der Waals surface area contributed by atoms with E-state index in [4.69, 9.17) is 18.5 Å². The van der Waals surface area contributed by atoms with Crippen molar-refractivity contribution in [3.8, 4) is 0 Å². The Kier molecular flexibility index (Phi) is 79.2. The Hall–Kier alpha value is -4.37. The lowest BCUT2D eigenvalue weighted by molar-refractivity contribution is -0.870. The van der Waals surface area contributed by atoms with Gasteiger partial charge in [0.1, 0.15) is 19.8 Å². The second-order valence-electron chi connectivity index (χ2n) is 29.8. The fourth-order valence-electron chi connectivity index (χ4n) is 12.0. The van der Waals surface area contributed by atoms with Crippen LogP contribution in [0.5, 0.6) is 0 Å². The predicted octanol–water partition coefficient (Wildman–Crippen LogP) is 29.4. The van der Waals surface area contributed by atoms with Gasteiger partial charge in [-0.15, -0.1) is 0 Å². The molecule has 0 spiro atoms. The van der Waals surface area contributed by atoms with Crippen LogP contribution in [0.25, 0.3) is 0 Å². The third kappa shape index (κ3) is 86.5. The van der Waals surface area contributed by atoms with Gasteiger partial charge in [-0.2, -0.15) is 0 Å². The topological polar surface area (TPSA) is 108 Å². The smallest absolute Gasteiger partial charge is 0.462 e. The molecule has 0 amide bonds. The summed E-state index contributed by atoms with van der Waals surface area (Å²) >= 11 is 0. The number of phosphoric ester groups is 1. The number of quaternary nitrogens is 1. The van der Waals surface area contributed by atoms with Crippen LogP contribution in [0.2, 0.25) is 0 Å². The number of allylic oxidation sites excluding steroid dienone is 26. The van der Waals surface area contributed by atoms with Gasteiger partial charge in [0.25, 0.3) is 0 Å². The van der Waals surface area contributed by atoms with Gasteiger partial charge in [-0.1, -0.05) is 390 Å². The Morgan fingerprint density at radius 2 is 0.548 bits per heavy atom. The minimum atomic E-state index is -4.41. The molecule has 0 bridgehead atoms. The van der Waals surface area contributed by atoms with E-state index in [9.17, 15) is 19.0 Å². The van der Waals surface area contributed by atoms with Gasteiger partial charge in [-0.3, -0.25) is 18.6 Å². The van der Waals surface area contributed by atoms with E-state index >= 15 is 0 Å². The van der Waals surface area contributed by atoms with Crippen LogP contribution in [0.4, 0.5) is 0 Å². The molecule has 0 aromatic heterocycles. The molecule has 0 aromatic rings. The molecule has 0 aromatic carbocycles. The SMILES string of the molecule is CC/C=C\C/C=C\C/C=C\C/C=C\C/C=C\C/C=C\C/C=C\C/C=C\C/C=C\C/C=C\CCCCCCCCCCC(=O)OC(COC(=O)CCCCCCCCCCCCCCCCCCCCCCCCCCCC/C=C\C/C=C\C/C=C\CCCCCCC)COP(=O)(O)OCC[N+](C)(C)C. The Balaban J connectivity index is 3.98. The molecular weight excluding hydrogens is 1300 g/mol. The summed E-state index contributed by atoms with van der Waals surface area (Å²) in [5, 5.41) is 0. The number of phosphoric acid groups is 1. The molecule has 0 aliphatic heterocycles. The normalized spacial score (nSPS) is 13.8. The number of likely N-dealkylation sites (N-methyl/N-ethyl adjacent to an activating group) is 1. The first kappa shape index (κ1) is 99.6. The highest BCUT2D eigenvalue weighted by atomic mass is 31.2. The van der Waals surface area contributed by atoms with Crippen molar-refractivity contribution in [2.45, 2.75) is 380 Å². The fraction of sp³-hybridized carbons (Fsp3) is 0.702. The summed E-state index contributed by atoms with van der Waals surface area (Å²) in [4.78, 5) is 36.0. The molecule has 0 heterocycles. The maximum absolute atomic E-state index is 12.9.